The Morgan fingerprint density at radius 3 is 2.74 bits per heavy atom. The van der Waals surface area contributed by atoms with Crippen LogP contribution in [-0.4, -0.2) is 24.2 Å². The molecule has 0 fully saturated rings. The van der Waals surface area contributed by atoms with E-state index in [0.717, 1.165) is 14.3 Å². The van der Waals surface area contributed by atoms with Crippen LogP contribution in [0.1, 0.15) is 21.7 Å². The molecule has 4 rings (SSSR count). The average Bonchev–Trinajstić information content (AvgIpc) is 3.28. The molecule has 0 aliphatic rings. The molecule has 0 saturated carbocycles. The maximum absolute atomic E-state index is 12.4. The number of fused-ring (bicyclic) bond motifs is 1. The third-order valence-electron chi connectivity index (χ3n) is 4.84. The number of halogens is 2. The molecule has 0 radical (unpaired) electrons. The Labute approximate surface area is 216 Å². The molecule has 1 aromatic heterocycles. The molecule has 3 aromatic carbocycles. The van der Waals surface area contributed by atoms with Crippen LogP contribution in [0, 0.1) is 10.1 Å². The largest absolute Gasteiger partial charge is 0.493 e. The minimum atomic E-state index is -0.496. The number of benzene rings is 3. The number of nitro groups is 1. The minimum Gasteiger partial charge on any atom is -0.493 e. The molecule has 4 aromatic rings. The Morgan fingerprint density at radius 1 is 1.14 bits per heavy atom. The zero-order chi connectivity index (χ0) is 24.9. The lowest BCUT2D eigenvalue weighted by Crippen LogP contribution is -2.16. The number of methoxy groups -OCH3 is 1. The fourth-order valence-electron chi connectivity index (χ4n) is 3.21. The summed E-state index contributed by atoms with van der Waals surface area (Å²) < 4.78 is 18.4. The first kappa shape index (κ1) is 24.4. The molecule has 0 unspecified atom stereocenters. The number of furan rings is 1. The topological polar surface area (TPSA) is 116 Å². The average molecular weight is 603 g/mol. The number of nitro benzene ring substituents is 1. The van der Waals surface area contributed by atoms with Crippen molar-refractivity contribution in [2.24, 2.45) is 5.10 Å². The van der Waals surface area contributed by atoms with Gasteiger partial charge in [0.05, 0.1) is 22.7 Å². The molecular weight excluding hydrogens is 586 g/mol. The minimum absolute atomic E-state index is 0.00479. The number of amides is 1. The van der Waals surface area contributed by atoms with Crippen molar-refractivity contribution >= 4 is 60.6 Å². The van der Waals surface area contributed by atoms with Crippen LogP contribution in [0.4, 0.5) is 5.69 Å². The molecule has 0 spiro atoms. The smallest absolute Gasteiger partial charge is 0.307 e. The normalized spacial score (nSPS) is 11.1. The Morgan fingerprint density at radius 2 is 1.97 bits per heavy atom. The van der Waals surface area contributed by atoms with Crippen LogP contribution < -0.4 is 14.9 Å². The SMILES string of the molecule is COc1cc(/C=N\NC(=O)c2cc3cc(Br)cc(Br)c3o2)ccc1OCc1cccc([N+](=O)[O-])c1. The van der Waals surface area contributed by atoms with Crippen LogP contribution in [0.3, 0.4) is 0 Å². The predicted octanol–water partition coefficient (Wildman–Crippen LogP) is 6.22. The van der Waals surface area contributed by atoms with Crippen molar-refractivity contribution in [1.82, 2.24) is 5.43 Å². The summed E-state index contributed by atoms with van der Waals surface area (Å²) >= 11 is 6.82. The number of ether oxygens (including phenoxy) is 2. The van der Waals surface area contributed by atoms with Gasteiger partial charge in [0, 0.05) is 22.0 Å². The molecule has 0 aliphatic heterocycles. The van der Waals surface area contributed by atoms with Gasteiger partial charge in [-0.05, 0) is 63.5 Å². The Kier molecular flexibility index (Phi) is 7.47. The van der Waals surface area contributed by atoms with Gasteiger partial charge in [-0.15, -0.1) is 0 Å². The fraction of sp³-hybridized carbons (Fsp3) is 0.0833. The van der Waals surface area contributed by atoms with Crippen LogP contribution in [0.2, 0.25) is 0 Å². The van der Waals surface area contributed by atoms with E-state index in [2.05, 4.69) is 42.4 Å². The first-order valence-electron chi connectivity index (χ1n) is 10.1. The summed E-state index contributed by atoms with van der Waals surface area (Å²) in [6, 6.07) is 16.6. The second-order valence-electron chi connectivity index (χ2n) is 7.24. The standard InChI is InChI=1S/C24H17Br2N3O6/c1-33-21-8-14(5-6-20(21)34-13-15-3-2-4-18(7-15)29(31)32)12-27-28-24(30)22-10-16-9-17(25)11-19(26)23(16)35-22/h2-12H,13H2,1H3,(H,28,30)/b27-12-. The van der Waals surface area contributed by atoms with E-state index < -0.39 is 10.8 Å². The van der Waals surface area contributed by atoms with Crippen LogP contribution in [-0.2, 0) is 6.61 Å². The van der Waals surface area contributed by atoms with Crippen molar-refractivity contribution < 1.29 is 23.6 Å². The van der Waals surface area contributed by atoms with E-state index in [1.165, 1.54) is 25.5 Å². The molecule has 0 saturated heterocycles. The van der Waals surface area contributed by atoms with Crippen molar-refractivity contribution in [3.8, 4) is 11.5 Å². The lowest BCUT2D eigenvalue weighted by atomic mass is 10.2. The third kappa shape index (κ3) is 5.87. The van der Waals surface area contributed by atoms with E-state index in [1.54, 1.807) is 36.4 Å². The summed E-state index contributed by atoms with van der Waals surface area (Å²) in [5.41, 5.74) is 4.30. The summed E-state index contributed by atoms with van der Waals surface area (Å²) in [6.07, 6.45) is 1.46. The van der Waals surface area contributed by atoms with Crippen LogP contribution in [0.15, 0.2) is 79.1 Å². The highest BCUT2D eigenvalue weighted by Crippen LogP contribution is 2.31. The molecule has 1 N–H and O–H groups in total. The van der Waals surface area contributed by atoms with E-state index >= 15 is 0 Å². The number of nitrogens with zero attached hydrogens (tertiary/aromatic N) is 2. The molecule has 35 heavy (non-hydrogen) atoms. The van der Waals surface area contributed by atoms with Gasteiger partial charge in [-0.2, -0.15) is 5.10 Å². The highest BCUT2D eigenvalue weighted by atomic mass is 79.9. The Hall–Kier alpha value is -3.70. The molecule has 11 heteroatoms. The van der Waals surface area contributed by atoms with Gasteiger partial charge in [-0.25, -0.2) is 5.43 Å². The summed E-state index contributed by atoms with van der Waals surface area (Å²) in [5.74, 6) is 0.528. The summed E-state index contributed by atoms with van der Waals surface area (Å²) in [5, 5.41) is 15.7. The molecule has 0 bridgehead atoms. The molecule has 0 atom stereocenters. The molecule has 1 heterocycles. The first-order chi connectivity index (χ1) is 16.8. The van der Waals surface area contributed by atoms with E-state index in [1.807, 2.05) is 12.1 Å². The monoisotopic (exact) mass is 601 g/mol. The van der Waals surface area contributed by atoms with Gasteiger partial charge in [0.1, 0.15) is 12.2 Å². The number of rotatable bonds is 8. The second-order valence-corrected chi connectivity index (χ2v) is 9.01. The van der Waals surface area contributed by atoms with Gasteiger partial charge >= 0.3 is 5.91 Å². The van der Waals surface area contributed by atoms with E-state index in [9.17, 15) is 14.9 Å². The lowest BCUT2D eigenvalue weighted by molar-refractivity contribution is -0.384. The molecular formula is C24H17Br2N3O6. The fourth-order valence-corrected chi connectivity index (χ4v) is 4.55. The number of carbonyl (C=O) groups is 1. The number of nitrogens with one attached hydrogen (secondary N) is 1. The van der Waals surface area contributed by atoms with Crippen molar-refractivity contribution in [1.29, 1.82) is 0 Å². The van der Waals surface area contributed by atoms with Gasteiger partial charge in [0.2, 0.25) is 0 Å². The zero-order valence-corrected chi connectivity index (χ0v) is 21.3. The lowest BCUT2D eigenvalue weighted by Gasteiger charge is -2.11. The van der Waals surface area contributed by atoms with E-state index in [0.29, 0.717) is 28.2 Å². The summed E-state index contributed by atoms with van der Waals surface area (Å²) in [6.45, 7) is 0.131. The molecule has 0 aliphatic carbocycles. The van der Waals surface area contributed by atoms with Gasteiger partial charge in [0.15, 0.2) is 17.3 Å². The highest BCUT2D eigenvalue weighted by molar-refractivity contribution is 9.11. The summed E-state index contributed by atoms with van der Waals surface area (Å²) in [7, 11) is 1.50. The third-order valence-corrected chi connectivity index (χ3v) is 5.89. The van der Waals surface area contributed by atoms with E-state index in [-0.39, 0.29) is 18.1 Å². The predicted molar refractivity (Wildman–Crippen MR) is 137 cm³/mol. The zero-order valence-electron chi connectivity index (χ0n) is 18.2. The van der Waals surface area contributed by atoms with E-state index in [4.69, 9.17) is 13.9 Å². The maximum Gasteiger partial charge on any atom is 0.307 e. The maximum atomic E-state index is 12.4. The molecule has 1 amide bonds. The van der Waals surface area contributed by atoms with Crippen LogP contribution >= 0.6 is 31.9 Å². The number of hydrogen-bond acceptors (Lipinski definition) is 7. The molecule has 178 valence electrons. The first-order valence-corrected chi connectivity index (χ1v) is 11.7. The second kappa shape index (κ2) is 10.7. The van der Waals surface area contributed by atoms with Crippen LogP contribution in [0.25, 0.3) is 11.0 Å². The number of non-ortho nitro benzene ring substituents is 1. The van der Waals surface area contributed by atoms with Crippen molar-refractivity contribution in [3.05, 3.63) is 96.6 Å². The Bertz CT molecular complexity index is 1450. The quantitative estimate of drug-likeness (QED) is 0.145. The van der Waals surface area contributed by atoms with Gasteiger partial charge in [-0.1, -0.05) is 28.1 Å². The van der Waals surface area contributed by atoms with Gasteiger partial charge in [0.25, 0.3) is 5.69 Å². The van der Waals surface area contributed by atoms with Crippen molar-refractivity contribution in [2.75, 3.05) is 7.11 Å². The van der Waals surface area contributed by atoms with Crippen molar-refractivity contribution in [3.63, 3.8) is 0 Å². The number of hydrazone groups is 1. The summed E-state index contributed by atoms with van der Waals surface area (Å²) in [4.78, 5) is 22.9. The number of carbonyl (C=O) groups excluding carboxylic acids is 1. The Balaban J connectivity index is 1.41. The van der Waals surface area contributed by atoms with Gasteiger partial charge < -0.3 is 13.9 Å². The van der Waals surface area contributed by atoms with Gasteiger partial charge in [-0.3, -0.25) is 14.9 Å². The van der Waals surface area contributed by atoms with Crippen molar-refractivity contribution in [2.45, 2.75) is 6.61 Å². The number of hydrogen-bond donors (Lipinski definition) is 1. The van der Waals surface area contributed by atoms with Crippen LogP contribution in [0.5, 0.6) is 11.5 Å². The highest BCUT2D eigenvalue weighted by Gasteiger charge is 2.14. The molecule has 9 nitrogen and oxygen atoms in total.